The third-order valence-corrected chi connectivity index (χ3v) is 9.33. The Morgan fingerprint density at radius 2 is 1.41 bits per heavy atom. The Morgan fingerprint density at radius 1 is 0.804 bits per heavy atom. The Bertz CT molecular complexity index is 1700. The number of aryl methyl sites for hydroxylation is 1. The van der Waals surface area contributed by atoms with E-state index in [1.54, 1.807) is 24.3 Å². The van der Waals surface area contributed by atoms with Crippen LogP contribution in [0.5, 0.6) is 11.5 Å². The average molecular weight is 644 g/mol. The molecule has 4 aromatic carbocycles. The van der Waals surface area contributed by atoms with Crippen LogP contribution in [0.25, 0.3) is 0 Å². The van der Waals surface area contributed by atoms with E-state index < -0.39 is 28.5 Å². The van der Waals surface area contributed by atoms with Crippen LogP contribution < -0.4 is 19.1 Å². The van der Waals surface area contributed by atoms with E-state index in [1.807, 2.05) is 74.5 Å². The quantitative estimate of drug-likeness (QED) is 0.187. The van der Waals surface area contributed by atoms with E-state index in [2.05, 4.69) is 5.32 Å². The first kappa shape index (κ1) is 34.1. The summed E-state index contributed by atoms with van der Waals surface area (Å²) < 4.78 is 40.4. The predicted molar refractivity (Wildman–Crippen MR) is 179 cm³/mol. The number of hydrogen-bond donors (Lipinski definition) is 1. The van der Waals surface area contributed by atoms with Gasteiger partial charge in [0.15, 0.2) is 11.5 Å². The van der Waals surface area contributed by atoms with Gasteiger partial charge >= 0.3 is 0 Å². The van der Waals surface area contributed by atoms with Crippen molar-refractivity contribution in [3.63, 3.8) is 0 Å². The third kappa shape index (κ3) is 8.45. The number of anilines is 1. The highest BCUT2D eigenvalue weighted by Gasteiger charge is 2.35. The molecule has 0 aliphatic rings. The second kappa shape index (κ2) is 15.9. The highest BCUT2D eigenvalue weighted by Crippen LogP contribution is 2.32. The lowest BCUT2D eigenvalue weighted by Gasteiger charge is -2.34. The molecule has 0 heterocycles. The molecule has 9 nitrogen and oxygen atoms in total. The molecule has 4 aromatic rings. The van der Waals surface area contributed by atoms with Crippen LogP contribution in [0.4, 0.5) is 5.69 Å². The lowest BCUT2D eigenvalue weighted by atomic mass is 10.0. The van der Waals surface area contributed by atoms with Crippen LogP contribution in [0.2, 0.25) is 0 Å². The maximum absolute atomic E-state index is 14.5. The van der Waals surface area contributed by atoms with Crippen LogP contribution in [0.15, 0.2) is 108 Å². The maximum Gasteiger partial charge on any atom is 0.264 e. The standard InChI is InChI=1S/C36H41N3O6S/c1-5-22-37-36(41)32(23-28-12-8-6-9-13-28)38(25-29-14-10-7-11-15-29)35(40)26-39(30-18-16-27(2)17-19-30)46(42,43)31-20-21-33(44-3)34(24-31)45-4/h6-21,24,32H,5,22-23,25-26H2,1-4H3,(H,37,41)/t32-/m1/s1. The van der Waals surface area contributed by atoms with Crippen LogP contribution in [0.1, 0.15) is 30.0 Å². The van der Waals surface area contributed by atoms with E-state index in [9.17, 15) is 18.0 Å². The molecule has 0 bridgehead atoms. The molecule has 10 heteroatoms. The minimum atomic E-state index is -4.30. The van der Waals surface area contributed by atoms with Crippen LogP contribution in [-0.4, -0.2) is 58.5 Å². The molecule has 1 atom stereocenters. The van der Waals surface area contributed by atoms with E-state index in [1.165, 1.54) is 37.3 Å². The first-order valence-electron chi connectivity index (χ1n) is 15.1. The smallest absolute Gasteiger partial charge is 0.264 e. The number of carbonyl (C=O) groups excluding carboxylic acids is 2. The second-order valence-corrected chi connectivity index (χ2v) is 12.7. The average Bonchev–Trinajstić information content (AvgIpc) is 3.08. The SMILES string of the molecule is CCCNC(=O)[C@@H](Cc1ccccc1)N(Cc1ccccc1)C(=O)CN(c1ccc(C)cc1)S(=O)(=O)c1ccc(OC)c(OC)c1. The van der Waals surface area contributed by atoms with Crippen molar-refractivity contribution in [1.29, 1.82) is 0 Å². The van der Waals surface area contributed by atoms with Gasteiger partial charge in [0.1, 0.15) is 12.6 Å². The first-order chi connectivity index (χ1) is 22.2. The lowest BCUT2D eigenvalue weighted by Crippen LogP contribution is -2.53. The van der Waals surface area contributed by atoms with Gasteiger partial charge in [0, 0.05) is 25.6 Å². The fourth-order valence-corrected chi connectivity index (χ4v) is 6.47. The molecule has 4 rings (SSSR count). The van der Waals surface area contributed by atoms with Crippen LogP contribution in [0.3, 0.4) is 0 Å². The number of rotatable bonds is 15. The van der Waals surface area contributed by atoms with Crippen LogP contribution in [0, 0.1) is 6.92 Å². The van der Waals surface area contributed by atoms with Gasteiger partial charge in [0.25, 0.3) is 10.0 Å². The van der Waals surface area contributed by atoms with E-state index in [0.717, 1.165) is 27.4 Å². The highest BCUT2D eigenvalue weighted by atomic mass is 32.2. The molecule has 2 amide bonds. The molecular weight excluding hydrogens is 602 g/mol. The zero-order chi connectivity index (χ0) is 33.1. The first-order valence-corrected chi connectivity index (χ1v) is 16.6. The zero-order valence-electron chi connectivity index (χ0n) is 26.7. The van der Waals surface area contributed by atoms with Gasteiger partial charge in [-0.2, -0.15) is 0 Å². The van der Waals surface area contributed by atoms with Crippen LogP contribution in [-0.2, 0) is 32.6 Å². The number of benzene rings is 4. The minimum absolute atomic E-state index is 0.0744. The van der Waals surface area contributed by atoms with Crippen molar-refractivity contribution in [2.24, 2.45) is 0 Å². The Balaban J connectivity index is 1.80. The van der Waals surface area contributed by atoms with Crippen LogP contribution >= 0.6 is 0 Å². The highest BCUT2D eigenvalue weighted by molar-refractivity contribution is 7.92. The van der Waals surface area contributed by atoms with E-state index in [4.69, 9.17) is 9.47 Å². The molecule has 0 radical (unpaired) electrons. The number of carbonyl (C=O) groups is 2. The number of hydrogen-bond acceptors (Lipinski definition) is 6. The minimum Gasteiger partial charge on any atom is -0.493 e. The number of amides is 2. The molecule has 0 fully saturated rings. The van der Waals surface area contributed by atoms with Crippen molar-refractivity contribution < 1.29 is 27.5 Å². The summed E-state index contributed by atoms with van der Waals surface area (Å²) in [5, 5.41) is 2.95. The topological polar surface area (TPSA) is 105 Å². The summed E-state index contributed by atoms with van der Waals surface area (Å²) in [6, 6.07) is 29.1. The normalized spacial score (nSPS) is 11.7. The summed E-state index contributed by atoms with van der Waals surface area (Å²) in [4.78, 5) is 29.6. The Labute approximate surface area is 271 Å². The summed E-state index contributed by atoms with van der Waals surface area (Å²) in [7, 11) is -1.41. The van der Waals surface area contributed by atoms with Gasteiger partial charge in [-0.15, -0.1) is 0 Å². The van der Waals surface area contributed by atoms with Crippen molar-refractivity contribution >= 4 is 27.5 Å². The van der Waals surface area contributed by atoms with Crippen molar-refractivity contribution in [2.45, 2.75) is 44.2 Å². The Kier molecular flexibility index (Phi) is 11.8. The predicted octanol–water partition coefficient (Wildman–Crippen LogP) is 5.37. The van der Waals surface area contributed by atoms with Crippen molar-refractivity contribution in [2.75, 3.05) is 31.6 Å². The fraction of sp³-hybridized carbons (Fsp3) is 0.278. The largest absolute Gasteiger partial charge is 0.493 e. The lowest BCUT2D eigenvalue weighted by molar-refractivity contribution is -0.140. The van der Waals surface area contributed by atoms with Gasteiger partial charge in [-0.05, 0) is 48.7 Å². The van der Waals surface area contributed by atoms with Gasteiger partial charge in [-0.25, -0.2) is 8.42 Å². The molecule has 0 saturated carbocycles. The summed E-state index contributed by atoms with van der Waals surface area (Å²) in [6.07, 6.45) is 0.975. The molecule has 0 aromatic heterocycles. The monoisotopic (exact) mass is 643 g/mol. The van der Waals surface area contributed by atoms with Gasteiger partial charge in [0.2, 0.25) is 11.8 Å². The molecular formula is C36H41N3O6S. The zero-order valence-corrected chi connectivity index (χ0v) is 27.5. The van der Waals surface area contributed by atoms with Crippen molar-refractivity contribution in [3.8, 4) is 11.5 Å². The van der Waals surface area contributed by atoms with E-state index >= 15 is 0 Å². The summed E-state index contributed by atoms with van der Waals surface area (Å²) in [5.41, 5.74) is 2.92. The van der Waals surface area contributed by atoms with Gasteiger partial charge in [-0.1, -0.05) is 85.3 Å². The molecule has 0 unspecified atom stereocenters. The number of sulfonamides is 1. The molecule has 1 N–H and O–H groups in total. The third-order valence-electron chi connectivity index (χ3n) is 7.56. The van der Waals surface area contributed by atoms with Gasteiger partial charge in [0.05, 0.1) is 24.8 Å². The molecule has 0 aliphatic heterocycles. The number of nitrogens with one attached hydrogen (secondary N) is 1. The summed E-state index contributed by atoms with van der Waals surface area (Å²) in [6.45, 7) is 3.86. The summed E-state index contributed by atoms with van der Waals surface area (Å²) >= 11 is 0. The molecule has 0 spiro atoms. The molecule has 46 heavy (non-hydrogen) atoms. The van der Waals surface area contributed by atoms with Crippen molar-refractivity contribution in [3.05, 3.63) is 120 Å². The number of nitrogens with zero attached hydrogens (tertiary/aromatic N) is 2. The molecule has 0 saturated heterocycles. The Morgan fingerprint density at radius 3 is 2.00 bits per heavy atom. The van der Waals surface area contributed by atoms with E-state index in [-0.39, 0.29) is 29.5 Å². The number of methoxy groups -OCH3 is 2. The van der Waals surface area contributed by atoms with Gasteiger partial charge in [-0.3, -0.25) is 13.9 Å². The molecule has 0 aliphatic carbocycles. The second-order valence-electron chi connectivity index (χ2n) is 10.9. The fourth-order valence-electron chi connectivity index (χ4n) is 5.04. The van der Waals surface area contributed by atoms with Crippen molar-refractivity contribution in [1.82, 2.24) is 10.2 Å². The van der Waals surface area contributed by atoms with Gasteiger partial charge < -0.3 is 19.7 Å². The Hall–Kier alpha value is -4.83. The summed E-state index contributed by atoms with van der Waals surface area (Å²) in [5.74, 6) is -0.226. The van der Waals surface area contributed by atoms with E-state index in [0.29, 0.717) is 18.0 Å². The molecule has 242 valence electrons. The maximum atomic E-state index is 14.5. The number of ether oxygens (including phenoxy) is 2.